The average molecular weight is 186 g/mol. The lowest BCUT2D eigenvalue weighted by molar-refractivity contribution is -0.135. The van der Waals surface area contributed by atoms with Gasteiger partial charge >= 0.3 is 12.0 Å². The minimum atomic E-state index is -1.05. The van der Waals surface area contributed by atoms with Crippen LogP contribution >= 0.6 is 0 Å². The molecule has 0 aliphatic heterocycles. The Morgan fingerprint density at radius 1 is 1.38 bits per heavy atom. The first-order valence-corrected chi connectivity index (χ1v) is 4.01. The van der Waals surface area contributed by atoms with Gasteiger partial charge in [-0.3, -0.25) is 4.79 Å². The van der Waals surface area contributed by atoms with Gasteiger partial charge in [0.1, 0.15) is 6.54 Å². The first-order chi connectivity index (χ1) is 6.16. The Kier molecular flexibility index (Phi) is 6.31. The lowest BCUT2D eigenvalue weighted by atomic mass is 10.4. The molecular weight excluding hydrogens is 172 g/mol. The standard InChI is InChI=1S/C8H14N2O3/c1-2-3-4-5-9-8(13)10-6-7(11)12/h2-3H,4-6H2,1H3,(H,11,12)(H2,9,10,13)/b3-2+. The maximum absolute atomic E-state index is 10.8. The van der Waals surface area contributed by atoms with Crippen LogP contribution in [0.15, 0.2) is 12.2 Å². The molecule has 0 aromatic rings. The molecular formula is C8H14N2O3. The highest BCUT2D eigenvalue weighted by Crippen LogP contribution is 1.78. The van der Waals surface area contributed by atoms with E-state index in [0.717, 1.165) is 6.42 Å². The van der Waals surface area contributed by atoms with E-state index in [1.165, 1.54) is 0 Å². The number of rotatable bonds is 5. The zero-order valence-electron chi connectivity index (χ0n) is 7.54. The second-order valence-corrected chi connectivity index (χ2v) is 2.36. The summed E-state index contributed by atoms with van der Waals surface area (Å²) in [5.41, 5.74) is 0. The monoisotopic (exact) mass is 186 g/mol. The van der Waals surface area contributed by atoms with Gasteiger partial charge in [-0.15, -0.1) is 0 Å². The molecule has 0 saturated carbocycles. The van der Waals surface area contributed by atoms with E-state index in [1.54, 1.807) is 0 Å². The van der Waals surface area contributed by atoms with Crippen LogP contribution in [0.2, 0.25) is 0 Å². The highest BCUT2D eigenvalue weighted by Gasteiger charge is 2.00. The molecule has 0 saturated heterocycles. The molecule has 0 bridgehead atoms. The fraction of sp³-hybridized carbons (Fsp3) is 0.500. The molecule has 0 rings (SSSR count). The average Bonchev–Trinajstić information content (AvgIpc) is 2.09. The normalized spacial score (nSPS) is 9.92. The topological polar surface area (TPSA) is 78.4 Å². The van der Waals surface area contributed by atoms with Gasteiger partial charge in [0.25, 0.3) is 0 Å². The predicted octanol–water partition coefficient (Wildman–Crippen LogP) is 0.336. The summed E-state index contributed by atoms with van der Waals surface area (Å²) in [6.45, 7) is 2.05. The van der Waals surface area contributed by atoms with Crippen molar-refractivity contribution in [3.63, 3.8) is 0 Å². The van der Waals surface area contributed by atoms with E-state index in [0.29, 0.717) is 6.54 Å². The van der Waals surface area contributed by atoms with Crippen molar-refractivity contribution in [2.45, 2.75) is 13.3 Å². The van der Waals surface area contributed by atoms with Gasteiger partial charge in [-0.1, -0.05) is 12.2 Å². The maximum Gasteiger partial charge on any atom is 0.323 e. The number of allylic oxidation sites excluding steroid dienone is 1. The van der Waals surface area contributed by atoms with Crippen molar-refractivity contribution < 1.29 is 14.7 Å². The minimum absolute atomic E-state index is 0.352. The quantitative estimate of drug-likeness (QED) is 0.428. The van der Waals surface area contributed by atoms with Gasteiger partial charge in [-0.2, -0.15) is 0 Å². The van der Waals surface area contributed by atoms with Crippen LogP contribution < -0.4 is 10.6 Å². The smallest absolute Gasteiger partial charge is 0.323 e. The highest BCUT2D eigenvalue weighted by molar-refractivity contribution is 5.79. The number of hydrogen-bond acceptors (Lipinski definition) is 2. The first kappa shape index (κ1) is 11.5. The molecule has 74 valence electrons. The van der Waals surface area contributed by atoms with E-state index in [-0.39, 0.29) is 6.54 Å². The number of aliphatic carboxylic acids is 1. The summed E-state index contributed by atoms with van der Waals surface area (Å²) in [5, 5.41) is 12.9. The summed E-state index contributed by atoms with van der Waals surface area (Å²) in [6, 6.07) is -0.452. The molecule has 0 heterocycles. The van der Waals surface area contributed by atoms with Crippen LogP contribution in [0.3, 0.4) is 0 Å². The van der Waals surface area contributed by atoms with Crippen LogP contribution in [-0.4, -0.2) is 30.2 Å². The number of carboxylic acid groups (broad SMARTS) is 1. The Bertz CT molecular complexity index is 202. The molecule has 0 aromatic heterocycles. The number of urea groups is 1. The summed E-state index contributed by atoms with van der Waals surface area (Å²) in [5.74, 6) is -1.05. The molecule has 0 fully saturated rings. The van der Waals surface area contributed by atoms with Crippen LogP contribution in [0, 0.1) is 0 Å². The van der Waals surface area contributed by atoms with E-state index in [1.807, 2.05) is 19.1 Å². The number of nitrogens with one attached hydrogen (secondary N) is 2. The Morgan fingerprint density at radius 2 is 2.08 bits per heavy atom. The molecule has 0 aliphatic carbocycles. The van der Waals surface area contributed by atoms with E-state index in [2.05, 4.69) is 10.6 Å². The van der Waals surface area contributed by atoms with E-state index in [9.17, 15) is 9.59 Å². The van der Waals surface area contributed by atoms with Gasteiger partial charge in [0.2, 0.25) is 0 Å². The number of amides is 2. The largest absolute Gasteiger partial charge is 0.480 e. The Morgan fingerprint density at radius 3 is 2.62 bits per heavy atom. The van der Waals surface area contributed by atoms with Crippen molar-refractivity contribution >= 4 is 12.0 Å². The number of carboxylic acids is 1. The molecule has 0 aromatic carbocycles. The molecule has 5 nitrogen and oxygen atoms in total. The van der Waals surface area contributed by atoms with Crippen molar-refractivity contribution in [3.05, 3.63) is 12.2 Å². The third-order valence-electron chi connectivity index (χ3n) is 1.23. The number of carbonyl (C=O) groups excluding carboxylic acids is 1. The fourth-order valence-corrected chi connectivity index (χ4v) is 0.654. The molecule has 0 spiro atoms. The lowest BCUT2D eigenvalue weighted by Crippen LogP contribution is -2.38. The fourth-order valence-electron chi connectivity index (χ4n) is 0.654. The van der Waals surface area contributed by atoms with E-state index >= 15 is 0 Å². The van der Waals surface area contributed by atoms with Crippen molar-refractivity contribution in [1.29, 1.82) is 0 Å². The van der Waals surface area contributed by atoms with Gasteiger partial charge in [0.05, 0.1) is 0 Å². The van der Waals surface area contributed by atoms with Gasteiger partial charge in [0.15, 0.2) is 0 Å². The summed E-state index contributed by atoms with van der Waals surface area (Å²) < 4.78 is 0. The Hall–Kier alpha value is -1.52. The number of hydrogen-bond donors (Lipinski definition) is 3. The molecule has 0 atom stereocenters. The molecule has 0 aliphatic rings. The third-order valence-corrected chi connectivity index (χ3v) is 1.23. The zero-order chi connectivity index (χ0) is 10.1. The molecule has 5 heteroatoms. The summed E-state index contributed by atoms with van der Waals surface area (Å²) >= 11 is 0. The van der Waals surface area contributed by atoms with Crippen LogP contribution in [0.25, 0.3) is 0 Å². The van der Waals surface area contributed by atoms with Gasteiger partial charge in [0, 0.05) is 6.54 Å². The summed E-state index contributed by atoms with van der Waals surface area (Å²) in [4.78, 5) is 20.8. The van der Waals surface area contributed by atoms with Crippen LogP contribution in [0.5, 0.6) is 0 Å². The number of carbonyl (C=O) groups is 2. The van der Waals surface area contributed by atoms with E-state index < -0.39 is 12.0 Å². The predicted molar refractivity (Wildman–Crippen MR) is 48.5 cm³/mol. The van der Waals surface area contributed by atoms with Crippen molar-refractivity contribution in [2.24, 2.45) is 0 Å². The van der Waals surface area contributed by atoms with Gasteiger partial charge in [-0.25, -0.2) is 4.79 Å². The molecule has 2 amide bonds. The zero-order valence-corrected chi connectivity index (χ0v) is 7.54. The van der Waals surface area contributed by atoms with Gasteiger partial charge < -0.3 is 15.7 Å². The Balaban J connectivity index is 3.35. The molecule has 3 N–H and O–H groups in total. The maximum atomic E-state index is 10.8. The van der Waals surface area contributed by atoms with Crippen molar-refractivity contribution in [3.8, 4) is 0 Å². The summed E-state index contributed by atoms with van der Waals surface area (Å²) in [7, 11) is 0. The lowest BCUT2D eigenvalue weighted by Gasteiger charge is -2.03. The van der Waals surface area contributed by atoms with Crippen LogP contribution in [0.4, 0.5) is 4.79 Å². The second kappa shape index (κ2) is 7.15. The SMILES string of the molecule is C/C=C/CCNC(=O)NCC(=O)O. The summed E-state index contributed by atoms with van der Waals surface area (Å²) in [6.07, 6.45) is 4.55. The second-order valence-electron chi connectivity index (χ2n) is 2.36. The van der Waals surface area contributed by atoms with Crippen molar-refractivity contribution in [2.75, 3.05) is 13.1 Å². The highest BCUT2D eigenvalue weighted by atomic mass is 16.4. The van der Waals surface area contributed by atoms with Crippen LogP contribution in [-0.2, 0) is 4.79 Å². The molecule has 0 radical (unpaired) electrons. The van der Waals surface area contributed by atoms with E-state index in [4.69, 9.17) is 5.11 Å². The molecule has 0 unspecified atom stereocenters. The third kappa shape index (κ3) is 8.39. The minimum Gasteiger partial charge on any atom is -0.480 e. The first-order valence-electron chi connectivity index (χ1n) is 4.01. The van der Waals surface area contributed by atoms with Crippen LogP contribution in [0.1, 0.15) is 13.3 Å². The molecule has 13 heavy (non-hydrogen) atoms. The van der Waals surface area contributed by atoms with Crippen molar-refractivity contribution in [1.82, 2.24) is 10.6 Å². The van der Waals surface area contributed by atoms with Gasteiger partial charge in [-0.05, 0) is 13.3 Å². The Labute approximate surface area is 76.8 Å².